The SMILES string of the molecule is COc1ccc(NC(=O)N(CCC(=O)N2CCN(C(c3ccccc3)c3ccccc3)CC2)CC(C)C)c(OC)c1. The van der Waals surface area contributed by atoms with Crippen molar-refractivity contribution in [2.45, 2.75) is 26.3 Å². The van der Waals surface area contributed by atoms with Gasteiger partial charge in [-0.15, -0.1) is 0 Å². The number of anilines is 1. The fourth-order valence-corrected chi connectivity index (χ4v) is 5.32. The molecular weight excluding hydrogens is 516 g/mol. The van der Waals surface area contributed by atoms with E-state index in [1.54, 1.807) is 37.3 Å². The van der Waals surface area contributed by atoms with Crippen LogP contribution in [0.15, 0.2) is 78.9 Å². The average Bonchev–Trinajstić information content (AvgIpc) is 3.00. The molecule has 3 aromatic rings. The summed E-state index contributed by atoms with van der Waals surface area (Å²) in [5, 5.41) is 2.95. The summed E-state index contributed by atoms with van der Waals surface area (Å²) in [6, 6.07) is 26.2. The Morgan fingerprint density at radius 1 is 0.854 bits per heavy atom. The predicted molar refractivity (Wildman–Crippen MR) is 162 cm³/mol. The fraction of sp³-hybridized carbons (Fsp3) is 0.394. The molecule has 0 radical (unpaired) electrons. The van der Waals surface area contributed by atoms with E-state index in [0.29, 0.717) is 43.4 Å². The standard InChI is InChI=1S/C33H42N4O4/c1-25(2)24-37(33(39)34-29-16-15-28(40-3)23-30(29)41-4)18-17-31(38)35-19-21-36(22-20-35)32(26-11-7-5-8-12-26)27-13-9-6-10-14-27/h5-16,23,25,32H,17-22,24H2,1-4H3,(H,34,39). The van der Waals surface area contributed by atoms with Crippen molar-refractivity contribution in [3.8, 4) is 11.5 Å². The zero-order valence-corrected chi connectivity index (χ0v) is 24.6. The third-order valence-electron chi connectivity index (χ3n) is 7.38. The van der Waals surface area contributed by atoms with E-state index in [2.05, 4.69) is 72.6 Å². The molecule has 0 saturated carbocycles. The Kier molecular flexibility index (Phi) is 10.6. The second kappa shape index (κ2) is 14.6. The van der Waals surface area contributed by atoms with E-state index in [4.69, 9.17) is 9.47 Å². The van der Waals surface area contributed by atoms with Crippen LogP contribution in [-0.2, 0) is 4.79 Å². The van der Waals surface area contributed by atoms with Gasteiger partial charge in [-0.1, -0.05) is 74.5 Å². The number of methoxy groups -OCH3 is 2. The molecule has 218 valence electrons. The van der Waals surface area contributed by atoms with Crippen molar-refractivity contribution in [3.63, 3.8) is 0 Å². The summed E-state index contributed by atoms with van der Waals surface area (Å²) in [5.74, 6) is 1.48. The minimum Gasteiger partial charge on any atom is -0.497 e. The molecule has 1 aliphatic rings. The summed E-state index contributed by atoms with van der Waals surface area (Å²) < 4.78 is 10.7. The first-order chi connectivity index (χ1) is 19.9. The lowest BCUT2D eigenvalue weighted by atomic mass is 9.96. The normalized spacial score (nSPS) is 13.8. The highest BCUT2D eigenvalue weighted by atomic mass is 16.5. The maximum Gasteiger partial charge on any atom is 0.321 e. The van der Waals surface area contributed by atoms with E-state index in [9.17, 15) is 9.59 Å². The zero-order chi connectivity index (χ0) is 29.2. The maximum atomic E-state index is 13.3. The van der Waals surface area contributed by atoms with Crippen LogP contribution in [0.2, 0.25) is 0 Å². The van der Waals surface area contributed by atoms with Gasteiger partial charge in [-0.25, -0.2) is 4.79 Å². The minimum absolute atomic E-state index is 0.0733. The van der Waals surface area contributed by atoms with E-state index in [1.807, 2.05) is 17.0 Å². The molecule has 8 nitrogen and oxygen atoms in total. The summed E-state index contributed by atoms with van der Waals surface area (Å²) in [5.41, 5.74) is 3.06. The minimum atomic E-state index is -0.256. The molecule has 3 amide bonds. The van der Waals surface area contributed by atoms with Crippen LogP contribution < -0.4 is 14.8 Å². The molecule has 0 bridgehead atoms. The van der Waals surface area contributed by atoms with Crippen LogP contribution >= 0.6 is 0 Å². The van der Waals surface area contributed by atoms with Crippen molar-refractivity contribution in [1.82, 2.24) is 14.7 Å². The van der Waals surface area contributed by atoms with Crippen molar-refractivity contribution in [2.75, 3.05) is 58.8 Å². The third-order valence-corrected chi connectivity index (χ3v) is 7.38. The van der Waals surface area contributed by atoms with Gasteiger partial charge in [0.05, 0.1) is 25.9 Å². The van der Waals surface area contributed by atoms with Crippen molar-refractivity contribution < 1.29 is 19.1 Å². The number of nitrogens with one attached hydrogen (secondary N) is 1. The molecule has 1 fully saturated rings. The van der Waals surface area contributed by atoms with Crippen LogP contribution in [0.5, 0.6) is 11.5 Å². The largest absolute Gasteiger partial charge is 0.497 e. The highest BCUT2D eigenvalue weighted by Gasteiger charge is 2.28. The lowest BCUT2D eigenvalue weighted by Crippen LogP contribution is -2.50. The molecule has 3 aromatic carbocycles. The second-order valence-corrected chi connectivity index (χ2v) is 10.7. The molecule has 0 spiro atoms. The van der Waals surface area contributed by atoms with Gasteiger partial charge in [0, 0.05) is 51.8 Å². The molecule has 1 aliphatic heterocycles. The van der Waals surface area contributed by atoms with Gasteiger partial charge in [0.15, 0.2) is 0 Å². The molecule has 1 heterocycles. The summed E-state index contributed by atoms with van der Waals surface area (Å²) in [7, 11) is 3.13. The van der Waals surface area contributed by atoms with Crippen molar-refractivity contribution in [2.24, 2.45) is 5.92 Å². The molecule has 0 aliphatic carbocycles. The summed E-state index contributed by atoms with van der Waals surface area (Å²) in [4.78, 5) is 32.6. The molecule has 8 heteroatoms. The Bertz CT molecular complexity index is 1220. The molecule has 4 rings (SSSR count). The van der Waals surface area contributed by atoms with E-state index in [-0.39, 0.29) is 30.3 Å². The zero-order valence-electron chi connectivity index (χ0n) is 24.6. The molecule has 0 unspecified atom stereocenters. The molecule has 1 N–H and O–H groups in total. The fourth-order valence-electron chi connectivity index (χ4n) is 5.32. The van der Waals surface area contributed by atoms with Crippen molar-refractivity contribution >= 4 is 17.6 Å². The van der Waals surface area contributed by atoms with Crippen molar-refractivity contribution in [3.05, 3.63) is 90.0 Å². The Balaban J connectivity index is 1.36. The first-order valence-corrected chi connectivity index (χ1v) is 14.3. The molecule has 0 aromatic heterocycles. The highest BCUT2D eigenvalue weighted by molar-refractivity contribution is 5.91. The van der Waals surface area contributed by atoms with Gasteiger partial charge in [0.25, 0.3) is 0 Å². The van der Waals surface area contributed by atoms with E-state index in [0.717, 1.165) is 13.1 Å². The lowest BCUT2D eigenvalue weighted by molar-refractivity contribution is -0.133. The number of carbonyl (C=O) groups excluding carboxylic acids is 2. The quantitative estimate of drug-likeness (QED) is 0.336. The Morgan fingerprint density at radius 2 is 1.46 bits per heavy atom. The topological polar surface area (TPSA) is 74.4 Å². The van der Waals surface area contributed by atoms with Crippen LogP contribution in [0.3, 0.4) is 0 Å². The van der Waals surface area contributed by atoms with Gasteiger partial charge in [-0.05, 0) is 29.2 Å². The Labute approximate surface area is 243 Å². The maximum absolute atomic E-state index is 13.3. The highest BCUT2D eigenvalue weighted by Crippen LogP contribution is 2.30. The van der Waals surface area contributed by atoms with E-state index >= 15 is 0 Å². The average molecular weight is 559 g/mol. The van der Waals surface area contributed by atoms with Gasteiger partial charge in [-0.3, -0.25) is 9.69 Å². The molecule has 0 atom stereocenters. The van der Waals surface area contributed by atoms with Gasteiger partial charge in [0.1, 0.15) is 11.5 Å². The first-order valence-electron chi connectivity index (χ1n) is 14.3. The van der Waals surface area contributed by atoms with Gasteiger partial charge in [0.2, 0.25) is 5.91 Å². The van der Waals surface area contributed by atoms with Crippen LogP contribution in [0, 0.1) is 5.92 Å². The van der Waals surface area contributed by atoms with Crippen molar-refractivity contribution in [1.29, 1.82) is 0 Å². The third kappa shape index (κ3) is 8.01. The number of benzene rings is 3. The number of hydrogen-bond donors (Lipinski definition) is 1. The predicted octanol–water partition coefficient (Wildman–Crippen LogP) is 5.52. The smallest absolute Gasteiger partial charge is 0.321 e. The number of piperazine rings is 1. The number of rotatable bonds is 11. The number of carbonyl (C=O) groups is 2. The number of amides is 3. The number of hydrogen-bond acceptors (Lipinski definition) is 5. The Morgan fingerprint density at radius 3 is 2.00 bits per heavy atom. The summed E-state index contributed by atoms with van der Waals surface area (Å²) in [6.07, 6.45) is 0.278. The van der Waals surface area contributed by atoms with Crippen LogP contribution in [0.4, 0.5) is 10.5 Å². The number of nitrogens with zero attached hydrogens (tertiary/aromatic N) is 3. The molecule has 41 heavy (non-hydrogen) atoms. The number of urea groups is 1. The summed E-state index contributed by atoms with van der Waals surface area (Å²) in [6.45, 7) is 7.90. The Hall–Kier alpha value is -4.04. The molecular formula is C33H42N4O4. The van der Waals surface area contributed by atoms with E-state index < -0.39 is 0 Å². The van der Waals surface area contributed by atoms with Crippen LogP contribution in [-0.4, -0.2) is 80.1 Å². The lowest BCUT2D eigenvalue weighted by Gasteiger charge is -2.40. The first kappa shape index (κ1) is 29.9. The second-order valence-electron chi connectivity index (χ2n) is 10.7. The van der Waals surface area contributed by atoms with Crippen LogP contribution in [0.1, 0.15) is 37.4 Å². The molecule has 1 saturated heterocycles. The number of ether oxygens (including phenoxy) is 2. The summed E-state index contributed by atoms with van der Waals surface area (Å²) >= 11 is 0. The van der Waals surface area contributed by atoms with Gasteiger partial charge >= 0.3 is 6.03 Å². The van der Waals surface area contributed by atoms with Gasteiger partial charge in [-0.2, -0.15) is 0 Å². The monoisotopic (exact) mass is 558 g/mol. The van der Waals surface area contributed by atoms with Gasteiger partial charge < -0.3 is 24.6 Å². The van der Waals surface area contributed by atoms with Crippen LogP contribution in [0.25, 0.3) is 0 Å². The van der Waals surface area contributed by atoms with E-state index in [1.165, 1.54) is 11.1 Å².